The quantitative estimate of drug-likeness (QED) is 0.749. The van der Waals surface area contributed by atoms with E-state index in [1.165, 1.54) is 23.1 Å². The Bertz CT molecular complexity index is 761. The fourth-order valence-corrected chi connectivity index (χ4v) is 3.41. The third-order valence-electron chi connectivity index (χ3n) is 3.82. The van der Waals surface area contributed by atoms with Gasteiger partial charge in [-0.05, 0) is 42.0 Å². The first-order valence-corrected chi connectivity index (χ1v) is 7.98. The molecule has 2 heterocycles. The average molecular weight is 296 g/mol. The van der Waals surface area contributed by atoms with Gasteiger partial charge in [-0.1, -0.05) is 12.1 Å². The van der Waals surface area contributed by atoms with Crippen LogP contribution < -0.4 is 10.6 Å². The minimum Gasteiger partial charge on any atom is -0.399 e. The van der Waals surface area contributed by atoms with Crippen molar-refractivity contribution in [1.29, 1.82) is 0 Å². The molecule has 1 fully saturated rings. The Hall–Kier alpha value is -2.14. The Morgan fingerprint density at radius 2 is 1.95 bits per heavy atom. The number of anilines is 2. The number of thiophene rings is 1. The fourth-order valence-electron chi connectivity index (χ4n) is 2.56. The lowest BCUT2D eigenvalue weighted by molar-refractivity contribution is 0.782. The van der Waals surface area contributed by atoms with Crippen LogP contribution in [0, 0.1) is 0 Å². The molecule has 0 aliphatic heterocycles. The van der Waals surface area contributed by atoms with E-state index in [0.717, 1.165) is 23.6 Å². The van der Waals surface area contributed by atoms with Gasteiger partial charge in [0.15, 0.2) is 5.82 Å². The molecule has 5 heteroatoms. The summed E-state index contributed by atoms with van der Waals surface area (Å²) in [6, 6.07) is 10.8. The van der Waals surface area contributed by atoms with Gasteiger partial charge < -0.3 is 10.6 Å². The van der Waals surface area contributed by atoms with Crippen molar-refractivity contribution in [3.8, 4) is 0 Å². The summed E-state index contributed by atoms with van der Waals surface area (Å²) in [7, 11) is 0. The van der Waals surface area contributed by atoms with Crippen LogP contribution in [-0.4, -0.2) is 16.0 Å². The van der Waals surface area contributed by atoms with E-state index < -0.39 is 0 Å². The third-order valence-corrected chi connectivity index (χ3v) is 4.72. The van der Waals surface area contributed by atoms with E-state index >= 15 is 0 Å². The molecule has 0 spiro atoms. The van der Waals surface area contributed by atoms with Gasteiger partial charge in [-0.3, -0.25) is 0 Å². The molecule has 4 nitrogen and oxygen atoms in total. The molecule has 4 rings (SSSR count). The molecule has 1 saturated carbocycles. The largest absolute Gasteiger partial charge is 0.399 e. The molecule has 0 atom stereocenters. The predicted molar refractivity (Wildman–Crippen MR) is 87.5 cm³/mol. The van der Waals surface area contributed by atoms with Gasteiger partial charge in [-0.15, -0.1) is 11.3 Å². The maximum absolute atomic E-state index is 5.77. The van der Waals surface area contributed by atoms with Crippen molar-refractivity contribution in [2.45, 2.75) is 25.4 Å². The zero-order valence-corrected chi connectivity index (χ0v) is 12.4. The second-order valence-corrected chi connectivity index (χ2v) is 6.35. The van der Waals surface area contributed by atoms with Crippen LogP contribution in [0.25, 0.3) is 10.2 Å². The molecule has 2 N–H and O–H groups in total. The van der Waals surface area contributed by atoms with E-state index in [-0.39, 0.29) is 0 Å². The Labute approximate surface area is 127 Å². The highest BCUT2D eigenvalue weighted by atomic mass is 32.1. The number of nitrogens with two attached hydrogens (primary N) is 1. The van der Waals surface area contributed by atoms with E-state index in [0.29, 0.717) is 6.04 Å². The SMILES string of the molecule is Nc1ccc(CN(c2ncnc3ccsc23)C2CC2)cc1. The topological polar surface area (TPSA) is 55.0 Å². The number of nitrogen functional groups attached to an aromatic ring is 1. The first-order valence-electron chi connectivity index (χ1n) is 7.10. The first kappa shape index (κ1) is 12.6. The summed E-state index contributed by atoms with van der Waals surface area (Å²) >= 11 is 1.71. The monoisotopic (exact) mass is 296 g/mol. The molecule has 3 aromatic rings. The van der Waals surface area contributed by atoms with Crippen molar-refractivity contribution >= 4 is 33.1 Å². The number of rotatable bonds is 4. The van der Waals surface area contributed by atoms with Crippen LogP contribution in [0.15, 0.2) is 42.0 Å². The first-order chi connectivity index (χ1) is 10.3. The predicted octanol–water partition coefficient (Wildman–Crippen LogP) is 3.44. The Kier molecular flexibility index (Phi) is 3.00. The van der Waals surface area contributed by atoms with Crippen molar-refractivity contribution in [2.75, 3.05) is 10.6 Å². The van der Waals surface area contributed by atoms with Gasteiger partial charge in [0.05, 0.1) is 10.2 Å². The van der Waals surface area contributed by atoms with Crippen LogP contribution in [0.5, 0.6) is 0 Å². The number of hydrogen-bond acceptors (Lipinski definition) is 5. The van der Waals surface area contributed by atoms with Crippen LogP contribution in [0.1, 0.15) is 18.4 Å². The summed E-state index contributed by atoms with van der Waals surface area (Å²) in [6.45, 7) is 0.870. The number of fused-ring (bicyclic) bond motifs is 1. The van der Waals surface area contributed by atoms with Gasteiger partial charge in [0.2, 0.25) is 0 Å². The highest BCUT2D eigenvalue weighted by Gasteiger charge is 2.31. The second-order valence-electron chi connectivity index (χ2n) is 5.43. The summed E-state index contributed by atoms with van der Waals surface area (Å²) in [5.74, 6) is 1.06. The van der Waals surface area contributed by atoms with Gasteiger partial charge in [0.1, 0.15) is 6.33 Å². The van der Waals surface area contributed by atoms with Gasteiger partial charge in [0.25, 0.3) is 0 Å². The van der Waals surface area contributed by atoms with Crippen molar-refractivity contribution in [2.24, 2.45) is 0 Å². The highest BCUT2D eigenvalue weighted by molar-refractivity contribution is 7.17. The lowest BCUT2D eigenvalue weighted by Crippen LogP contribution is -2.26. The Balaban J connectivity index is 1.71. The minimum absolute atomic E-state index is 0.600. The van der Waals surface area contributed by atoms with E-state index in [1.54, 1.807) is 17.7 Å². The lowest BCUT2D eigenvalue weighted by Gasteiger charge is -2.24. The van der Waals surface area contributed by atoms with Crippen LogP contribution >= 0.6 is 11.3 Å². The maximum atomic E-state index is 5.77. The summed E-state index contributed by atoms with van der Waals surface area (Å²) < 4.78 is 1.18. The Morgan fingerprint density at radius 3 is 2.71 bits per heavy atom. The fraction of sp³-hybridized carbons (Fsp3) is 0.250. The molecular weight excluding hydrogens is 280 g/mol. The van der Waals surface area contributed by atoms with E-state index in [4.69, 9.17) is 5.73 Å². The number of benzene rings is 1. The minimum atomic E-state index is 0.600. The van der Waals surface area contributed by atoms with Crippen LogP contribution in [0.4, 0.5) is 11.5 Å². The zero-order chi connectivity index (χ0) is 14.2. The van der Waals surface area contributed by atoms with Crippen molar-refractivity contribution in [3.63, 3.8) is 0 Å². The van der Waals surface area contributed by atoms with Crippen LogP contribution in [0.2, 0.25) is 0 Å². The maximum Gasteiger partial charge on any atom is 0.150 e. The molecule has 2 aromatic heterocycles. The number of nitrogens with zero attached hydrogens (tertiary/aromatic N) is 3. The highest BCUT2D eigenvalue weighted by Crippen LogP contribution is 2.36. The number of hydrogen-bond donors (Lipinski definition) is 1. The van der Waals surface area contributed by atoms with E-state index in [1.807, 2.05) is 12.1 Å². The molecular formula is C16H16N4S. The summed E-state index contributed by atoms with van der Waals surface area (Å²) in [6.07, 6.45) is 4.15. The summed E-state index contributed by atoms with van der Waals surface area (Å²) in [5, 5.41) is 2.08. The van der Waals surface area contributed by atoms with Crippen molar-refractivity contribution in [3.05, 3.63) is 47.6 Å². The van der Waals surface area contributed by atoms with Gasteiger partial charge in [-0.25, -0.2) is 9.97 Å². The molecule has 106 valence electrons. The van der Waals surface area contributed by atoms with Gasteiger partial charge in [0, 0.05) is 18.3 Å². The van der Waals surface area contributed by atoms with Crippen LogP contribution in [0.3, 0.4) is 0 Å². The molecule has 1 aliphatic rings. The normalized spacial score (nSPS) is 14.5. The molecule has 21 heavy (non-hydrogen) atoms. The Morgan fingerprint density at radius 1 is 1.14 bits per heavy atom. The average Bonchev–Trinajstić information content (AvgIpc) is 3.23. The molecule has 0 radical (unpaired) electrons. The standard InChI is InChI=1S/C16H16N4S/c17-12-3-1-11(2-4-12)9-20(13-5-6-13)16-15-14(7-8-21-15)18-10-19-16/h1-4,7-8,10,13H,5-6,9,17H2. The summed E-state index contributed by atoms with van der Waals surface area (Å²) in [4.78, 5) is 11.3. The molecule has 0 amide bonds. The smallest absolute Gasteiger partial charge is 0.150 e. The second kappa shape index (κ2) is 5.00. The lowest BCUT2D eigenvalue weighted by atomic mass is 10.2. The van der Waals surface area contributed by atoms with Gasteiger partial charge >= 0.3 is 0 Å². The van der Waals surface area contributed by atoms with Gasteiger partial charge in [-0.2, -0.15) is 0 Å². The van der Waals surface area contributed by atoms with E-state index in [2.05, 4.69) is 38.4 Å². The third kappa shape index (κ3) is 2.45. The van der Waals surface area contributed by atoms with Crippen LogP contribution in [-0.2, 0) is 6.54 Å². The van der Waals surface area contributed by atoms with Crippen molar-refractivity contribution in [1.82, 2.24) is 9.97 Å². The molecule has 0 saturated heterocycles. The van der Waals surface area contributed by atoms with E-state index in [9.17, 15) is 0 Å². The molecule has 1 aromatic carbocycles. The molecule has 0 bridgehead atoms. The summed E-state index contributed by atoms with van der Waals surface area (Å²) in [5.41, 5.74) is 8.87. The molecule has 1 aliphatic carbocycles. The number of aromatic nitrogens is 2. The molecule has 0 unspecified atom stereocenters. The van der Waals surface area contributed by atoms with Crippen molar-refractivity contribution < 1.29 is 0 Å². The zero-order valence-electron chi connectivity index (χ0n) is 11.6.